The molecule has 0 radical (unpaired) electrons. The van der Waals surface area contributed by atoms with Gasteiger partial charge in [0.25, 0.3) is 0 Å². The van der Waals surface area contributed by atoms with Crippen LogP contribution in [0.3, 0.4) is 0 Å². The van der Waals surface area contributed by atoms with Crippen molar-refractivity contribution in [1.82, 2.24) is 5.01 Å². The van der Waals surface area contributed by atoms with Crippen LogP contribution in [0.1, 0.15) is 26.3 Å². The Hall–Kier alpha value is -3.02. The highest BCUT2D eigenvalue weighted by Gasteiger charge is 2.43. The summed E-state index contributed by atoms with van der Waals surface area (Å²) in [5, 5.41) is 16.1. The first-order chi connectivity index (χ1) is 10.1. The number of hydrogen-bond donors (Lipinski definition) is 0. The molecule has 0 bridgehead atoms. The second kappa shape index (κ2) is 4.82. The minimum Gasteiger partial charge on any atom is -0.691 e. The summed E-state index contributed by atoms with van der Waals surface area (Å²) in [6.45, 7) is 1.89. The molecule has 0 saturated carbocycles. The summed E-state index contributed by atoms with van der Waals surface area (Å²) in [6.07, 6.45) is 0. The van der Waals surface area contributed by atoms with E-state index in [-0.39, 0.29) is 21.7 Å². The van der Waals surface area contributed by atoms with Gasteiger partial charge in [-0.05, 0) is 36.2 Å². The normalized spacial score (nSPS) is 14.5. The van der Waals surface area contributed by atoms with E-state index in [1.165, 1.54) is 12.1 Å². The van der Waals surface area contributed by atoms with Crippen LogP contribution >= 0.6 is 0 Å². The molecule has 104 valence electrons. The summed E-state index contributed by atoms with van der Waals surface area (Å²) >= 11 is 0. The predicted molar refractivity (Wildman–Crippen MR) is 73.8 cm³/mol. The maximum atomic E-state index is 12.1. The van der Waals surface area contributed by atoms with E-state index in [9.17, 15) is 14.8 Å². The Morgan fingerprint density at radius 3 is 2.00 bits per heavy atom. The van der Waals surface area contributed by atoms with Crippen LogP contribution in [0.5, 0.6) is 0 Å². The van der Waals surface area contributed by atoms with Crippen LogP contribution in [-0.2, 0) is 0 Å². The van der Waals surface area contributed by atoms with E-state index in [1.54, 1.807) is 36.4 Å². The third-order valence-electron chi connectivity index (χ3n) is 3.20. The lowest BCUT2D eigenvalue weighted by molar-refractivity contribution is -0.455. The number of carbonyl (C=O) groups is 2. The van der Waals surface area contributed by atoms with E-state index in [0.29, 0.717) is 5.01 Å². The molecule has 0 aliphatic carbocycles. The van der Waals surface area contributed by atoms with Gasteiger partial charge in [-0.2, -0.15) is 0 Å². The Morgan fingerprint density at radius 2 is 1.48 bits per heavy atom. The molecule has 1 aliphatic heterocycles. The van der Waals surface area contributed by atoms with Crippen molar-refractivity contribution in [1.29, 1.82) is 0 Å². The number of amides is 2. The lowest BCUT2D eigenvalue weighted by atomic mass is 10.1. The van der Waals surface area contributed by atoms with Gasteiger partial charge in [-0.1, -0.05) is 29.8 Å². The van der Waals surface area contributed by atoms with Gasteiger partial charge < -0.3 is 5.21 Å². The SMILES string of the molecule is Cc1ccc([N+]([O-])=NN2C(=O)c3ccccc3C2=O)cc1. The van der Waals surface area contributed by atoms with Gasteiger partial charge in [0.05, 0.1) is 11.1 Å². The van der Waals surface area contributed by atoms with Crippen LogP contribution in [0, 0.1) is 12.1 Å². The summed E-state index contributed by atoms with van der Waals surface area (Å²) in [4.78, 5) is 24.4. The highest BCUT2D eigenvalue weighted by atomic mass is 16.5. The minimum absolute atomic E-state index is 0.247. The van der Waals surface area contributed by atoms with Gasteiger partial charge in [0.1, 0.15) is 5.22 Å². The van der Waals surface area contributed by atoms with Crippen LogP contribution in [0.25, 0.3) is 0 Å². The highest BCUT2D eigenvalue weighted by molar-refractivity contribution is 6.20. The highest BCUT2D eigenvalue weighted by Crippen LogP contribution is 2.23. The zero-order valence-corrected chi connectivity index (χ0v) is 11.2. The second-order valence-electron chi connectivity index (χ2n) is 4.67. The van der Waals surface area contributed by atoms with E-state index in [1.807, 2.05) is 6.92 Å². The summed E-state index contributed by atoms with van der Waals surface area (Å²) in [5.74, 6) is -1.19. The van der Waals surface area contributed by atoms with Crippen molar-refractivity contribution in [3.8, 4) is 0 Å². The third-order valence-corrected chi connectivity index (χ3v) is 3.20. The molecule has 0 spiro atoms. The van der Waals surface area contributed by atoms with E-state index < -0.39 is 11.8 Å². The number of fused-ring (bicyclic) bond motifs is 1. The number of imide groups is 1. The fraction of sp³-hybridized carbons (Fsp3) is 0.0667. The average Bonchev–Trinajstić information content (AvgIpc) is 2.73. The number of benzene rings is 2. The van der Waals surface area contributed by atoms with Gasteiger partial charge in [0.2, 0.25) is 0 Å². The fourth-order valence-corrected chi connectivity index (χ4v) is 2.06. The van der Waals surface area contributed by atoms with Crippen molar-refractivity contribution in [2.45, 2.75) is 6.92 Å². The molecule has 0 atom stereocenters. The number of rotatable bonds is 2. The van der Waals surface area contributed by atoms with E-state index in [2.05, 4.69) is 5.22 Å². The third kappa shape index (κ3) is 2.16. The van der Waals surface area contributed by atoms with Gasteiger partial charge in [-0.15, -0.1) is 4.86 Å². The Morgan fingerprint density at radius 1 is 0.952 bits per heavy atom. The second-order valence-corrected chi connectivity index (χ2v) is 4.67. The monoisotopic (exact) mass is 281 g/mol. The van der Waals surface area contributed by atoms with Crippen LogP contribution < -0.4 is 0 Å². The van der Waals surface area contributed by atoms with Gasteiger partial charge in [0, 0.05) is 0 Å². The number of hydrogen-bond acceptors (Lipinski definition) is 4. The van der Waals surface area contributed by atoms with Crippen molar-refractivity contribution < 1.29 is 14.4 Å². The molecule has 2 aromatic carbocycles. The molecule has 6 nitrogen and oxygen atoms in total. The van der Waals surface area contributed by atoms with Gasteiger partial charge >= 0.3 is 11.8 Å². The molecule has 21 heavy (non-hydrogen) atoms. The van der Waals surface area contributed by atoms with E-state index >= 15 is 0 Å². The van der Waals surface area contributed by atoms with E-state index in [0.717, 1.165) is 5.56 Å². The Labute approximate surface area is 120 Å². The summed E-state index contributed by atoms with van der Waals surface area (Å²) < 4.78 is 0. The average molecular weight is 281 g/mol. The largest absolute Gasteiger partial charge is 0.691 e. The van der Waals surface area contributed by atoms with Gasteiger partial charge in [-0.3, -0.25) is 0 Å². The Bertz CT molecular complexity index is 731. The molecule has 0 aromatic heterocycles. The molecule has 0 unspecified atom stereocenters. The summed E-state index contributed by atoms with van der Waals surface area (Å²) in [5.41, 5.74) is 1.75. The topological polar surface area (TPSA) is 75.8 Å². The smallest absolute Gasteiger partial charge is 0.370 e. The van der Waals surface area contributed by atoms with Crippen molar-refractivity contribution in [2.24, 2.45) is 5.22 Å². The lowest BCUT2D eigenvalue weighted by Crippen LogP contribution is -2.25. The zero-order chi connectivity index (χ0) is 15.0. The van der Waals surface area contributed by atoms with Crippen LogP contribution in [0.4, 0.5) is 5.69 Å². The van der Waals surface area contributed by atoms with Crippen LogP contribution in [0.15, 0.2) is 53.8 Å². The van der Waals surface area contributed by atoms with Crippen LogP contribution in [0.2, 0.25) is 0 Å². The molecule has 1 heterocycles. The molecule has 1 aliphatic rings. The predicted octanol–water partition coefficient (Wildman–Crippen LogP) is 2.80. The maximum absolute atomic E-state index is 12.1. The Balaban J connectivity index is 1.96. The van der Waals surface area contributed by atoms with Crippen molar-refractivity contribution in [3.63, 3.8) is 0 Å². The van der Waals surface area contributed by atoms with Gasteiger partial charge in [-0.25, -0.2) is 9.59 Å². The number of aryl methyl sites for hydroxylation is 1. The molecule has 0 saturated heterocycles. The van der Waals surface area contributed by atoms with Crippen molar-refractivity contribution in [2.75, 3.05) is 0 Å². The first kappa shape index (κ1) is 13.0. The minimum atomic E-state index is -0.594. The quantitative estimate of drug-likeness (QED) is 0.367. The molecule has 2 amide bonds. The van der Waals surface area contributed by atoms with E-state index in [4.69, 9.17) is 0 Å². The molecular formula is C15H11N3O3. The molecule has 3 rings (SSSR count). The molecule has 0 N–H and O–H groups in total. The fourth-order valence-electron chi connectivity index (χ4n) is 2.06. The zero-order valence-electron chi connectivity index (χ0n) is 11.2. The first-order valence-electron chi connectivity index (χ1n) is 6.31. The van der Waals surface area contributed by atoms with Gasteiger partial charge in [0.15, 0.2) is 5.69 Å². The summed E-state index contributed by atoms with van der Waals surface area (Å²) in [7, 11) is 0. The Kier molecular flexibility index (Phi) is 2.98. The lowest BCUT2D eigenvalue weighted by Gasteiger charge is -2.07. The molecule has 0 fully saturated rings. The van der Waals surface area contributed by atoms with Crippen molar-refractivity contribution in [3.05, 3.63) is 70.4 Å². The maximum Gasteiger partial charge on any atom is 0.370 e. The number of nitrogens with zero attached hydrogens (tertiary/aromatic N) is 3. The number of carbonyl (C=O) groups excluding carboxylic acids is 2. The van der Waals surface area contributed by atoms with Crippen molar-refractivity contribution >= 4 is 17.5 Å². The summed E-state index contributed by atoms with van der Waals surface area (Å²) in [6, 6.07) is 13.0. The molecule has 6 heteroatoms. The molecule has 2 aromatic rings. The van der Waals surface area contributed by atoms with Crippen LogP contribution in [-0.4, -0.2) is 21.7 Å². The molecular weight excluding hydrogens is 270 g/mol. The standard InChI is InChI=1S/C15H11N3O3/c1-10-6-8-11(9-7-10)18(21)16-17-14(19)12-4-2-3-5-13(12)15(17)20/h2-9H,1H3. The first-order valence-corrected chi connectivity index (χ1v) is 6.31.